The fourth-order valence-electron chi connectivity index (χ4n) is 1.38. The molecule has 0 spiro atoms. The Kier molecular flexibility index (Phi) is 4.61. The van der Waals surface area contributed by atoms with Crippen LogP contribution in [0.25, 0.3) is 0 Å². The molecule has 0 aliphatic heterocycles. The summed E-state index contributed by atoms with van der Waals surface area (Å²) in [6, 6.07) is 5.45. The first-order valence-corrected chi connectivity index (χ1v) is 6.06. The third-order valence-electron chi connectivity index (χ3n) is 2.25. The molecule has 1 atom stereocenters. The molecular formula is C12H18FNS. The van der Waals surface area contributed by atoms with Gasteiger partial charge in [-0.1, -0.05) is 26.0 Å². The molecule has 0 aliphatic rings. The second-order valence-corrected chi connectivity index (χ2v) is 5.42. The average Bonchev–Trinajstić information content (AvgIpc) is 2.19. The topological polar surface area (TPSA) is 12.0 Å². The summed E-state index contributed by atoms with van der Waals surface area (Å²) in [5.74, 6) is -0.117. The number of benzene rings is 1. The monoisotopic (exact) mass is 227 g/mol. The van der Waals surface area contributed by atoms with Gasteiger partial charge in [-0.15, -0.1) is 11.8 Å². The highest BCUT2D eigenvalue weighted by Crippen LogP contribution is 2.32. The van der Waals surface area contributed by atoms with Crippen LogP contribution in [0, 0.1) is 5.82 Å². The Balaban J connectivity index is 3.08. The second-order valence-electron chi connectivity index (χ2n) is 3.84. The highest BCUT2D eigenvalue weighted by Gasteiger charge is 2.14. The van der Waals surface area contributed by atoms with E-state index in [1.54, 1.807) is 17.8 Å². The molecule has 15 heavy (non-hydrogen) atoms. The number of rotatable bonds is 4. The molecule has 0 bridgehead atoms. The van der Waals surface area contributed by atoms with Gasteiger partial charge in [0.05, 0.1) is 0 Å². The van der Waals surface area contributed by atoms with E-state index in [9.17, 15) is 4.39 Å². The lowest BCUT2D eigenvalue weighted by Gasteiger charge is -2.17. The molecule has 0 aliphatic carbocycles. The summed E-state index contributed by atoms with van der Waals surface area (Å²) in [6.45, 7) is 6.19. The largest absolute Gasteiger partial charge is 0.313 e. The van der Waals surface area contributed by atoms with Crippen LogP contribution in [0.4, 0.5) is 4.39 Å². The minimum absolute atomic E-state index is 0.117. The number of thioether (sulfide) groups is 1. The fraction of sp³-hybridized carbons (Fsp3) is 0.500. The van der Waals surface area contributed by atoms with E-state index in [0.717, 1.165) is 10.5 Å². The normalized spacial score (nSPS) is 13.2. The molecule has 0 radical (unpaired) electrons. The Morgan fingerprint density at radius 1 is 1.27 bits per heavy atom. The van der Waals surface area contributed by atoms with Crippen LogP contribution in [0.1, 0.15) is 32.4 Å². The second kappa shape index (κ2) is 5.52. The minimum Gasteiger partial charge on any atom is -0.313 e. The molecule has 1 rings (SSSR count). The molecule has 0 amide bonds. The van der Waals surface area contributed by atoms with Gasteiger partial charge >= 0.3 is 0 Å². The van der Waals surface area contributed by atoms with Crippen LogP contribution in [0.2, 0.25) is 0 Å². The van der Waals surface area contributed by atoms with Gasteiger partial charge in [-0.05, 0) is 25.6 Å². The molecule has 84 valence electrons. The van der Waals surface area contributed by atoms with Crippen molar-refractivity contribution >= 4 is 11.8 Å². The third-order valence-corrected chi connectivity index (χ3v) is 3.39. The van der Waals surface area contributed by atoms with Gasteiger partial charge in [-0.2, -0.15) is 0 Å². The first-order chi connectivity index (χ1) is 7.06. The molecule has 3 heteroatoms. The van der Waals surface area contributed by atoms with E-state index in [1.807, 2.05) is 20.0 Å². The molecule has 1 aromatic carbocycles. The maximum absolute atomic E-state index is 13.7. The Morgan fingerprint density at radius 2 is 1.93 bits per heavy atom. The van der Waals surface area contributed by atoms with Crippen molar-refractivity contribution in [3.05, 3.63) is 29.6 Å². The smallest absolute Gasteiger partial charge is 0.137 e. The van der Waals surface area contributed by atoms with Crippen LogP contribution in [0.5, 0.6) is 0 Å². The molecule has 1 N–H and O–H groups in total. The summed E-state index contributed by atoms with van der Waals surface area (Å²) in [6.07, 6.45) is 0. The van der Waals surface area contributed by atoms with Gasteiger partial charge in [0, 0.05) is 16.2 Å². The lowest BCUT2D eigenvalue weighted by molar-refractivity contribution is 0.575. The zero-order valence-electron chi connectivity index (χ0n) is 9.67. The van der Waals surface area contributed by atoms with E-state index in [2.05, 4.69) is 19.2 Å². The summed E-state index contributed by atoms with van der Waals surface area (Å²) in [5, 5.41) is 3.54. The van der Waals surface area contributed by atoms with Crippen molar-refractivity contribution in [3.63, 3.8) is 0 Å². The zero-order chi connectivity index (χ0) is 11.4. The van der Waals surface area contributed by atoms with Crippen molar-refractivity contribution in [2.45, 2.75) is 37.0 Å². The van der Waals surface area contributed by atoms with Crippen molar-refractivity contribution in [3.8, 4) is 0 Å². The Hall–Kier alpha value is -0.540. The average molecular weight is 227 g/mol. The van der Waals surface area contributed by atoms with Gasteiger partial charge in [-0.3, -0.25) is 0 Å². The van der Waals surface area contributed by atoms with Gasteiger partial charge < -0.3 is 5.32 Å². The summed E-state index contributed by atoms with van der Waals surface area (Å²) in [4.78, 5) is 0.773. The van der Waals surface area contributed by atoms with E-state index in [1.165, 1.54) is 6.07 Å². The molecule has 1 nitrogen and oxygen atoms in total. The van der Waals surface area contributed by atoms with Crippen molar-refractivity contribution in [1.29, 1.82) is 0 Å². The lowest BCUT2D eigenvalue weighted by Crippen LogP contribution is -2.14. The molecule has 1 aromatic rings. The minimum atomic E-state index is -0.117. The van der Waals surface area contributed by atoms with Gasteiger partial charge in [0.1, 0.15) is 5.82 Å². The van der Waals surface area contributed by atoms with Crippen molar-refractivity contribution in [2.75, 3.05) is 7.05 Å². The highest BCUT2D eigenvalue weighted by molar-refractivity contribution is 8.00. The van der Waals surface area contributed by atoms with Crippen LogP contribution in [0.3, 0.4) is 0 Å². The maximum Gasteiger partial charge on any atom is 0.137 e. The predicted molar refractivity (Wildman–Crippen MR) is 64.9 cm³/mol. The summed E-state index contributed by atoms with van der Waals surface area (Å²) in [7, 11) is 1.89. The van der Waals surface area contributed by atoms with Gasteiger partial charge in [0.25, 0.3) is 0 Å². The van der Waals surface area contributed by atoms with Gasteiger partial charge in [-0.25, -0.2) is 4.39 Å². The number of halogens is 1. The summed E-state index contributed by atoms with van der Waals surface area (Å²) < 4.78 is 13.7. The molecule has 0 saturated heterocycles. The molecule has 0 aromatic heterocycles. The molecule has 0 fully saturated rings. The molecule has 1 unspecified atom stereocenters. The number of hydrogen-bond donors (Lipinski definition) is 1. The summed E-state index contributed by atoms with van der Waals surface area (Å²) in [5.41, 5.74) is 1.04. The van der Waals surface area contributed by atoms with Crippen LogP contribution in [-0.2, 0) is 0 Å². The van der Waals surface area contributed by atoms with Gasteiger partial charge in [0.15, 0.2) is 0 Å². The van der Waals surface area contributed by atoms with Crippen LogP contribution >= 0.6 is 11.8 Å². The van der Waals surface area contributed by atoms with E-state index in [0.29, 0.717) is 5.25 Å². The van der Waals surface area contributed by atoms with Crippen molar-refractivity contribution < 1.29 is 4.39 Å². The molecule has 0 saturated carbocycles. The van der Waals surface area contributed by atoms with E-state index in [-0.39, 0.29) is 11.9 Å². The third kappa shape index (κ3) is 3.21. The number of nitrogens with one attached hydrogen (secondary N) is 1. The predicted octanol–water partition coefficient (Wildman–Crippen LogP) is 3.61. The lowest BCUT2D eigenvalue weighted by atomic mass is 10.1. The SMILES string of the molecule is CNC(C)c1cccc(F)c1SC(C)C. The van der Waals surface area contributed by atoms with E-state index < -0.39 is 0 Å². The Labute approximate surface area is 95.5 Å². The highest BCUT2D eigenvalue weighted by atomic mass is 32.2. The zero-order valence-corrected chi connectivity index (χ0v) is 10.5. The van der Waals surface area contributed by atoms with E-state index >= 15 is 0 Å². The van der Waals surface area contributed by atoms with Crippen molar-refractivity contribution in [1.82, 2.24) is 5.32 Å². The first kappa shape index (κ1) is 12.5. The fourth-order valence-corrected chi connectivity index (χ4v) is 2.41. The van der Waals surface area contributed by atoms with Crippen molar-refractivity contribution in [2.24, 2.45) is 0 Å². The summed E-state index contributed by atoms with van der Waals surface area (Å²) >= 11 is 1.58. The first-order valence-electron chi connectivity index (χ1n) is 5.18. The maximum atomic E-state index is 13.7. The standard InChI is InChI=1S/C12H18FNS/c1-8(2)15-12-10(9(3)14-4)6-5-7-11(12)13/h5-9,14H,1-4H3. The Bertz CT molecular complexity index is 325. The van der Waals surface area contributed by atoms with Crippen LogP contribution in [0.15, 0.2) is 23.1 Å². The number of hydrogen-bond acceptors (Lipinski definition) is 2. The van der Waals surface area contributed by atoms with E-state index in [4.69, 9.17) is 0 Å². The van der Waals surface area contributed by atoms with Gasteiger partial charge in [0.2, 0.25) is 0 Å². The van der Waals surface area contributed by atoms with Crippen LogP contribution < -0.4 is 5.32 Å². The molecular weight excluding hydrogens is 209 g/mol. The van der Waals surface area contributed by atoms with Crippen LogP contribution in [-0.4, -0.2) is 12.3 Å². The molecule has 0 heterocycles. The Morgan fingerprint density at radius 3 is 2.47 bits per heavy atom. The quantitative estimate of drug-likeness (QED) is 0.789.